The van der Waals surface area contributed by atoms with E-state index in [0.29, 0.717) is 29.4 Å². The number of aromatic nitrogens is 4. The lowest BCUT2D eigenvalue weighted by Gasteiger charge is -2.55. The molecule has 2 aliphatic carbocycles. The van der Waals surface area contributed by atoms with Gasteiger partial charge in [-0.15, -0.1) is 0 Å². The predicted octanol–water partition coefficient (Wildman–Crippen LogP) is 8.50. The summed E-state index contributed by atoms with van der Waals surface area (Å²) in [5, 5.41) is 6.64. The fraction of sp³-hybridized carbons (Fsp3) is 0.359. The summed E-state index contributed by atoms with van der Waals surface area (Å²) >= 11 is 0. The van der Waals surface area contributed by atoms with Gasteiger partial charge in [0.2, 0.25) is 11.2 Å². The summed E-state index contributed by atoms with van der Waals surface area (Å²) in [6.45, 7) is 10.7. The van der Waals surface area contributed by atoms with Crippen molar-refractivity contribution >= 4 is 21.8 Å². The first-order valence-electron chi connectivity index (χ1n) is 16.8. The summed E-state index contributed by atoms with van der Waals surface area (Å²) in [5.74, 6) is -0.260. The van der Waals surface area contributed by atoms with Gasteiger partial charge in [0.1, 0.15) is 22.4 Å². The SMILES string of the molecule is CCCCc1ccc2c3c4[n+](ccc13)C1(CC)c3c(n5nc(C(F)(F)F)cc5c5cccc[n+]35)C1(CC)c1ccc(F)c(c1-4)C2(C)C. The third-order valence-corrected chi connectivity index (χ3v) is 11.9. The number of unbranched alkanes of at least 4 members (excludes halogenated alkanes) is 1. The smallest absolute Gasteiger partial charge is 0.223 e. The molecule has 2 aromatic carbocycles. The van der Waals surface area contributed by atoms with E-state index >= 15 is 4.39 Å². The van der Waals surface area contributed by atoms with Crippen LogP contribution >= 0.6 is 0 Å². The molecule has 2 unspecified atom stereocenters. The summed E-state index contributed by atoms with van der Waals surface area (Å²) in [6, 6.07) is 17.0. The Morgan fingerprint density at radius 2 is 1.70 bits per heavy atom. The van der Waals surface area contributed by atoms with Crippen LogP contribution in [-0.2, 0) is 29.0 Å². The maximum atomic E-state index is 16.4. The van der Waals surface area contributed by atoms with Gasteiger partial charge in [-0.1, -0.05) is 59.2 Å². The highest BCUT2D eigenvalue weighted by molar-refractivity contribution is 6.03. The molecule has 0 saturated heterocycles. The van der Waals surface area contributed by atoms with Gasteiger partial charge in [-0.3, -0.25) is 0 Å². The van der Waals surface area contributed by atoms with Gasteiger partial charge in [-0.2, -0.15) is 27.2 Å². The van der Waals surface area contributed by atoms with E-state index in [-0.39, 0.29) is 5.82 Å². The lowest BCUT2D eigenvalue weighted by Crippen LogP contribution is -2.80. The Kier molecular flexibility index (Phi) is 5.51. The van der Waals surface area contributed by atoms with Crippen LogP contribution < -0.4 is 8.97 Å². The quantitative estimate of drug-likeness (QED) is 0.138. The average Bonchev–Trinajstić information content (AvgIpc) is 3.49. The van der Waals surface area contributed by atoms with Crippen molar-refractivity contribution < 1.29 is 26.5 Å². The van der Waals surface area contributed by atoms with Crippen molar-refractivity contribution in [2.75, 3.05) is 0 Å². The lowest BCUT2D eigenvalue weighted by atomic mass is 9.46. The molecule has 238 valence electrons. The summed E-state index contributed by atoms with van der Waals surface area (Å²) < 4.78 is 65.3. The highest BCUT2D eigenvalue weighted by Crippen LogP contribution is 2.66. The molecule has 1 aliphatic heterocycles. The fourth-order valence-corrected chi connectivity index (χ4v) is 10.1. The molecule has 3 aliphatic rings. The molecule has 0 amide bonds. The number of pyridine rings is 2. The first-order valence-corrected chi connectivity index (χ1v) is 16.8. The Balaban J connectivity index is 1.53. The van der Waals surface area contributed by atoms with Crippen molar-refractivity contribution in [1.82, 2.24) is 9.61 Å². The van der Waals surface area contributed by atoms with Gasteiger partial charge in [0, 0.05) is 41.7 Å². The van der Waals surface area contributed by atoms with Crippen LogP contribution in [0, 0.1) is 5.82 Å². The van der Waals surface area contributed by atoms with Gasteiger partial charge < -0.3 is 0 Å². The van der Waals surface area contributed by atoms with Gasteiger partial charge in [0.25, 0.3) is 11.2 Å². The van der Waals surface area contributed by atoms with Crippen molar-refractivity contribution in [1.29, 1.82) is 0 Å². The largest absolute Gasteiger partial charge is 0.435 e. The number of rotatable bonds is 5. The second-order valence-corrected chi connectivity index (χ2v) is 14.1. The molecule has 6 aromatic rings. The number of aryl methyl sites for hydroxylation is 1. The first kappa shape index (κ1) is 28.9. The Bertz CT molecular complexity index is 2370. The first-order chi connectivity index (χ1) is 22.5. The third kappa shape index (κ3) is 3.05. The van der Waals surface area contributed by atoms with Gasteiger partial charge >= 0.3 is 6.18 Å². The Morgan fingerprint density at radius 1 is 0.915 bits per heavy atom. The zero-order chi connectivity index (χ0) is 32.8. The minimum absolute atomic E-state index is 0.260. The summed E-state index contributed by atoms with van der Waals surface area (Å²) in [5.41, 5.74) is 5.62. The van der Waals surface area contributed by atoms with Crippen LogP contribution in [0.15, 0.2) is 67.0 Å². The Labute approximate surface area is 270 Å². The molecule has 4 nitrogen and oxygen atoms in total. The molecule has 0 N–H and O–H groups in total. The van der Waals surface area contributed by atoms with Crippen LogP contribution in [0.4, 0.5) is 17.6 Å². The molecule has 0 saturated carbocycles. The van der Waals surface area contributed by atoms with Crippen LogP contribution in [0.1, 0.15) is 99.6 Å². The summed E-state index contributed by atoms with van der Waals surface area (Å²) in [7, 11) is 0. The average molecular weight is 637 g/mol. The van der Waals surface area contributed by atoms with Crippen LogP contribution in [0.5, 0.6) is 0 Å². The van der Waals surface area contributed by atoms with Gasteiger partial charge in [0.15, 0.2) is 18.1 Å². The zero-order valence-corrected chi connectivity index (χ0v) is 27.2. The second-order valence-electron chi connectivity index (χ2n) is 14.1. The van der Waals surface area contributed by atoms with E-state index in [2.05, 4.69) is 73.1 Å². The number of halogens is 4. The summed E-state index contributed by atoms with van der Waals surface area (Å²) in [6.07, 6.45) is 3.92. The molecule has 2 atom stereocenters. The maximum absolute atomic E-state index is 16.4. The molecule has 9 rings (SSSR count). The molecule has 8 heteroatoms. The van der Waals surface area contributed by atoms with E-state index in [0.717, 1.165) is 64.5 Å². The molecule has 0 radical (unpaired) electrons. The highest BCUT2D eigenvalue weighted by atomic mass is 19.4. The molecular formula is C39H36F4N4+2. The number of fused-ring (bicyclic) bond motifs is 11. The second kappa shape index (κ2) is 8.97. The molecule has 47 heavy (non-hydrogen) atoms. The standard InChI is InChI=1S/C39H36F4N4/c1-6-9-12-22-14-15-24-30-23(22)18-20-46-33(30)31-25(16-17-26(40)32(31)36(24,4)5)37(7-2)34-35(38(37,46)8-3)45-19-11-10-13-27(45)28-21-29(39(41,42)43)44-47(28)34/h10-11,13-21H,6-9,12H2,1-5H3/q+2. The number of benzene rings is 2. The number of nitrogens with zero attached hydrogens (tertiary/aromatic N) is 4. The van der Waals surface area contributed by atoms with Crippen LogP contribution in [-0.4, -0.2) is 9.61 Å². The minimum Gasteiger partial charge on any atom is -0.223 e. The van der Waals surface area contributed by atoms with E-state index in [1.54, 1.807) is 10.6 Å². The molecule has 0 fully saturated rings. The predicted molar refractivity (Wildman–Crippen MR) is 172 cm³/mol. The van der Waals surface area contributed by atoms with Crippen molar-refractivity contribution in [3.63, 3.8) is 0 Å². The monoisotopic (exact) mass is 636 g/mol. The Hall–Kier alpha value is -4.33. The van der Waals surface area contributed by atoms with Crippen molar-refractivity contribution in [2.24, 2.45) is 0 Å². The number of hydrogen-bond acceptors (Lipinski definition) is 1. The van der Waals surface area contributed by atoms with Gasteiger partial charge in [0.05, 0.1) is 10.9 Å². The summed E-state index contributed by atoms with van der Waals surface area (Å²) in [4.78, 5) is 0. The van der Waals surface area contributed by atoms with E-state index in [4.69, 9.17) is 0 Å². The van der Waals surface area contributed by atoms with E-state index in [9.17, 15) is 13.2 Å². The van der Waals surface area contributed by atoms with E-state index in [1.165, 1.54) is 10.9 Å². The van der Waals surface area contributed by atoms with E-state index < -0.39 is 28.2 Å². The van der Waals surface area contributed by atoms with E-state index in [1.807, 2.05) is 30.5 Å². The zero-order valence-electron chi connectivity index (χ0n) is 27.2. The number of alkyl halides is 3. The number of hydrogen-bond donors (Lipinski definition) is 0. The van der Waals surface area contributed by atoms with Crippen molar-refractivity contribution in [3.05, 3.63) is 112 Å². The van der Waals surface area contributed by atoms with Crippen molar-refractivity contribution in [2.45, 2.75) is 89.3 Å². The van der Waals surface area contributed by atoms with Crippen LogP contribution in [0.3, 0.4) is 0 Å². The molecule has 0 spiro atoms. The molecule has 0 bridgehead atoms. The van der Waals surface area contributed by atoms with Gasteiger partial charge in [-0.05, 0) is 53.5 Å². The minimum atomic E-state index is -4.60. The third-order valence-electron chi connectivity index (χ3n) is 11.9. The molecular weight excluding hydrogens is 600 g/mol. The molecule has 5 heterocycles. The maximum Gasteiger partial charge on any atom is 0.435 e. The van der Waals surface area contributed by atoms with Crippen molar-refractivity contribution in [3.8, 4) is 11.3 Å². The highest BCUT2D eigenvalue weighted by Gasteiger charge is 2.80. The topological polar surface area (TPSA) is 25.3 Å². The van der Waals surface area contributed by atoms with Gasteiger partial charge in [-0.25, -0.2) is 8.91 Å². The fourth-order valence-electron chi connectivity index (χ4n) is 10.1. The Morgan fingerprint density at radius 3 is 2.43 bits per heavy atom. The van der Waals surface area contributed by atoms with Crippen LogP contribution in [0.2, 0.25) is 0 Å². The normalized spacial score (nSPS) is 21.6. The lowest BCUT2D eigenvalue weighted by molar-refractivity contribution is -0.781. The molecule has 4 aromatic heterocycles. The van der Waals surface area contributed by atoms with Crippen LogP contribution in [0.25, 0.3) is 33.1 Å².